The number of nitrogen functional groups attached to an aromatic ring is 1. The third kappa shape index (κ3) is 5.92. The largest absolute Gasteiger partial charge is 0.495 e. The van der Waals surface area contributed by atoms with Crippen LogP contribution in [0.5, 0.6) is 11.5 Å². The van der Waals surface area contributed by atoms with E-state index in [-0.39, 0.29) is 12.0 Å². The summed E-state index contributed by atoms with van der Waals surface area (Å²) >= 11 is 12.0. The van der Waals surface area contributed by atoms with Crippen molar-refractivity contribution in [2.45, 2.75) is 18.9 Å². The van der Waals surface area contributed by atoms with Gasteiger partial charge in [0.2, 0.25) is 0 Å². The lowest BCUT2D eigenvalue weighted by Gasteiger charge is -2.32. The van der Waals surface area contributed by atoms with E-state index in [0.29, 0.717) is 33.6 Å². The van der Waals surface area contributed by atoms with Crippen LogP contribution in [0.1, 0.15) is 23.2 Å². The predicted molar refractivity (Wildman–Crippen MR) is 116 cm³/mol. The van der Waals surface area contributed by atoms with Gasteiger partial charge in [0, 0.05) is 37.8 Å². The van der Waals surface area contributed by atoms with Gasteiger partial charge in [-0.25, -0.2) is 0 Å². The Labute approximate surface area is 180 Å². The molecule has 29 heavy (non-hydrogen) atoms. The Bertz CT molecular complexity index is 855. The van der Waals surface area contributed by atoms with Gasteiger partial charge in [-0.15, -0.1) is 0 Å². The van der Waals surface area contributed by atoms with Crippen LogP contribution in [-0.2, 0) is 0 Å². The zero-order valence-corrected chi connectivity index (χ0v) is 17.8. The first kappa shape index (κ1) is 21.6. The van der Waals surface area contributed by atoms with Crippen LogP contribution >= 0.6 is 23.2 Å². The first-order chi connectivity index (χ1) is 14.0. The third-order valence-corrected chi connectivity index (χ3v) is 5.68. The van der Waals surface area contributed by atoms with Gasteiger partial charge in [0.25, 0.3) is 5.91 Å². The molecule has 3 rings (SSSR count). The zero-order valence-electron chi connectivity index (χ0n) is 16.3. The van der Waals surface area contributed by atoms with E-state index in [1.165, 1.54) is 7.11 Å². The lowest BCUT2D eigenvalue weighted by Crippen LogP contribution is -2.42. The van der Waals surface area contributed by atoms with E-state index in [1.807, 2.05) is 6.07 Å². The highest BCUT2D eigenvalue weighted by molar-refractivity contribution is 6.42. The molecule has 0 aromatic heterocycles. The van der Waals surface area contributed by atoms with Gasteiger partial charge in [0.1, 0.15) is 17.6 Å². The number of amides is 1. The molecule has 3 N–H and O–H groups in total. The lowest BCUT2D eigenvalue weighted by atomic mass is 10.1. The van der Waals surface area contributed by atoms with E-state index < -0.39 is 0 Å². The van der Waals surface area contributed by atoms with Gasteiger partial charge in [-0.2, -0.15) is 0 Å². The second-order valence-electron chi connectivity index (χ2n) is 6.95. The van der Waals surface area contributed by atoms with Crippen molar-refractivity contribution in [3.63, 3.8) is 0 Å². The van der Waals surface area contributed by atoms with Gasteiger partial charge in [-0.3, -0.25) is 4.79 Å². The van der Waals surface area contributed by atoms with Gasteiger partial charge in [0.05, 0.1) is 22.8 Å². The maximum absolute atomic E-state index is 12.3. The molecule has 2 aromatic rings. The van der Waals surface area contributed by atoms with Crippen LogP contribution in [0, 0.1) is 0 Å². The highest BCUT2D eigenvalue weighted by Crippen LogP contribution is 2.28. The van der Waals surface area contributed by atoms with E-state index in [1.54, 1.807) is 30.3 Å². The number of hydrogen-bond acceptors (Lipinski definition) is 5. The summed E-state index contributed by atoms with van der Waals surface area (Å²) in [5, 5.41) is 3.96. The molecule has 0 bridgehead atoms. The third-order valence-electron chi connectivity index (χ3n) is 4.94. The van der Waals surface area contributed by atoms with E-state index >= 15 is 0 Å². The average molecular weight is 438 g/mol. The van der Waals surface area contributed by atoms with Crippen molar-refractivity contribution in [1.29, 1.82) is 0 Å². The molecule has 2 aromatic carbocycles. The van der Waals surface area contributed by atoms with Crippen molar-refractivity contribution < 1.29 is 14.3 Å². The number of carbonyl (C=O) groups excluding carboxylic acids is 1. The molecule has 0 aliphatic carbocycles. The standard InChI is InChI=1S/C21H25Cl2N3O3/c1-28-20-12-14(2-5-19(20)24)21(27)25-8-11-26-9-6-15(7-10-26)29-16-3-4-17(22)18(23)13-16/h2-5,12-13,15H,6-11,24H2,1H3,(H,25,27). The minimum Gasteiger partial charge on any atom is -0.495 e. The van der Waals surface area contributed by atoms with E-state index in [0.717, 1.165) is 38.2 Å². The summed E-state index contributed by atoms with van der Waals surface area (Å²) in [6.07, 6.45) is 1.99. The molecule has 0 unspecified atom stereocenters. The normalized spacial score (nSPS) is 15.1. The Morgan fingerprint density at radius 2 is 1.93 bits per heavy atom. The number of carbonyl (C=O) groups is 1. The smallest absolute Gasteiger partial charge is 0.251 e. The number of nitrogens with one attached hydrogen (secondary N) is 1. The highest BCUT2D eigenvalue weighted by Gasteiger charge is 2.20. The SMILES string of the molecule is COc1cc(C(=O)NCCN2CCC(Oc3ccc(Cl)c(Cl)c3)CC2)ccc1N. The molecule has 1 aliphatic rings. The molecule has 0 radical (unpaired) electrons. The summed E-state index contributed by atoms with van der Waals surface area (Å²) in [5.74, 6) is 1.10. The first-order valence-corrected chi connectivity index (χ1v) is 10.3. The number of likely N-dealkylation sites (tertiary alicyclic amines) is 1. The molecule has 1 amide bonds. The summed E-state index contributed by atoms with van der Waals surface area (Å²) in [6.45, 7) is 3.19. The Hall–Kier alpha value is -2.15. The van der Waals surface area contributed by atoms with E-state index in [4.69, 9.17) is 38.4 Å². The zero-order chi connectivity index (χ0) is 20.8. The Kier molecular flexibility index (Phi) is 7.47. The topological polar surface area (TPSA) is 76.8 Å². The van der Waals surface area contributed by atoms with Gasteiger partial charge < -0.3 is 25.4 Å². The van der Waals surface area contributed by atoms with Crippen LogP contribution in [0.25, 0.3) is 0 Å². The number of piperidine rings is 1. The molecule has 156 valence electrons. The lowest BCUT2D eigenvalue weighted by molar-refractivity contribution is 0.0905. The number of ether oxygens (including phenoxy) is 2. The summed E-state index contributed by atoms with van der Waals surface area (Å²) in [7, 11) is 1.53. The monoisotopic (exact) mass is 437 g/mol. The van der Waals surface area contributed by atoms with Crippen LogP contribution in [-0.4, -0.2) is 50.2 Å². The van der Waals surface area contributed by atoms with Crippen LogP contribution in [0.4, 0.5) is 5.69 Å². The Balaban J connectivity index is 1.39. The number of anilines is 1. The second-order valence-corrected chi connectivity index (χ2v) is 7.76. The Morgan fingerprint density at radius 1 is 1.17 bits per heavy atom. The summed E-state index contributed by atoms with van der Waals surface area (Å²) < 4.78 is 11.2. The first-order valence-electron chi connectivity index (χ1n) is 9.52. The molecule has 0 spiro atoms. The van der Waals surface area contributed by atoms with Crippen molar-refractivity contribution in [2.75, 3.05) is 39.0 Å². The molecule has 8 heteroatoms. The van der Waals surface area contributed by atoms with Crippen LogP contribution in [0.3, 0.4) is 0 Å². The number of benzene rings is 2. The number of methoxy groups -OCH3 is 1. The fourth-order valence-corrected chi connectivity index (χ4v) is 3.56. The molecule has 0 saturated carbocycles. The Morgan fingerprint density at radius 3 is 2.62 bits per heavy atom. The minimum atomic E-state index is -0.138. The molecule has 1 saturated heterocycles. The fraction of sp³-hybridized carbons (Fsp3) is 0.381. The molecular weight excluding hydrogens is 413 g/mol. The minimum absolute atomic E-state index is 0.138. The molecule has 1 heterocycles. The van der Waals surface area contributed by atoms with Gasteiger partial charge in [-0.05, 0) is 43.2 Å². The maximum atomic E-state index is 12.3. The van der Waals surface area contributed by atoms with E-state index in [2.05, 4.69) is 10.2 Å². The highest BCUT2D eigenvalue weighted by atomic mass is 35.5. The van der Waals surface area contributed by atoms with Crippen molar-refractivity contribution in [1.82, 2.24) is 10.2 Å². The quantitative estimate of drug-likeness (QED) is 0.643. The average Bonchev–Trinajstić information content (AvgIpc) is 2.72. The molecular formula is C21H25Cl2N3O3. The van der Waals surface area contributed by atoms with Crippen LogP contribution in [0.2, 0.25) is 10.0 Å². The van der Waals surface area contributed by atoms with Gasteiger partial charge in [0.15, 0.2) is 0 Å². The van der Waals surface area contributed by atoms with Crippen molar-refractivity contribution in [3.8, 4) is 11.5 Å². The van der Waals surface area contributed by atoms with Gasteiger partial charge in [-0.1, -0.05) is 23.2 Å². The molecule has 1 fully saturated rings. The number of nitrogens with two attached hydrogens (primary N) is 1. The number of rotatable bonds is 7. The van der Waals surface area contributed by atoms with Crippen molar-refractivity contribution in [2.24, 2.45) is 0 Å². The van der Waals surface area contributed by atoms with Crippen LogP contribution < -0.4 is 20.5 Å². The molecule has 6 nitrogen and oxygen atoms in total. The fourth-order valence-electron chi connectivity index (χ4n) is 3.28. The number of hydrogen-bond donors (Lipinski definition) is 2. The summed E-state index contributed by atoms with van der Waals surface area (Å²) in [4.78, 5) is 14.6. The maximum Gasteiger partial charge on any atom is 0.251 e. The number of halogens is 2. The van der Waals surface area contributed by atoms with Gasteiger partial charge >= 0.3 is 0 Å². The van der Waals surface area contributed by atoms with Crippen LogP contribution in [0.15, 0.2) is 36.4 Å². The second kappa shape index (κ2) is 10.1. The van der Waals surface area contributed by atoms with E-state index in [9.17, 15) is 4.79 Å². The molecule has 1 aliphatic heterocycles. The van der Waals surface area contributed by atoms with Crippen molar-refractivity contribution in [3.05, 3.63) is 52.0 Å². The molecule has 0 atom stereocenters. The summed E-state index contributed by atoms with van der Waals surface area (Å²) in [5.41, 5.74) is 6.83. The van der Waals surface area contributed by atoms with Crippen molar-refractivity contribution >= 4 is 34.8 Å². The summed E-state index contributed by atoms with van der Waals surface area (Å²) in [6, 6.07) is 10.3. The predicted octanol–water partition coefficient (Wildman–Crippen LogP) is 3.86. The number of nitrogens with zero attached hydrogens (tertiary/aromatic N) is 1.